The van der Waals surface area contributed by atoms with Crippen LogP contribution < -0.4 is 5.32 Å². The van der Waals surface area contributed by atoms with Crippen molar-refractivity contribution in [3.63, 3.8) is 0 Å². The lowest BCUT2D eigenvalue weighted by atomic mass is 9.97. The molecule has 8 nitrogen and oxygen atoms in total. The molecule has 2 aliphatic rings. The molecule has 0 unspecified atom stereocenters. The van der Waals surface area contributed by atoms with Crippen LogP contribution in [0.4, 0.5) is 5.69 Å². The van der Waals surface area contributed by atoms with E-state index in [4.69, 9.17) is 5.11 Å². The highest BCUT2D eigenvalue weighted by Crippen LogP contribution is 2.30. The van der Waals surface area contributed by atoms with Gasteiger partial charge < -0.3 is 20.2 Å². The summed E-state index contributed by atoms with van der Waals surface area (Å²) < 4.78 is 0. The van der Waals surface area contributed by atoms with Crippen molar-refractivity contribution in [2.75, 3.05) is 32.0 Å². The Hall–Kier alpha value is -2.90. The standard InChI is InChI=1S/C20H25N3O5/c1-22(12-17(24)23-9-7-14(8-10-23)20(27)28)19(26)15-3-2-4-16(11-15)21-18(25)13-5-6-13/h2-4,11,13-14H,5-10,12H2,1H3,(H,21,25)(H,27,28). The highest BCUT2D eigenvalue weighted by atomic mass is 16.4. The minimum absolute atomic E-state index is 0.0297. The van der Waals surface area contributed by atoms with Crippen LogP contribution in [0.25, 0.3) is 0 Å². The molecular formula is C20H25N3O5. The fourth-order valence-electron chi connectivity index (χ4n) is 3.29. The number of likely N-dealkylation sites (tertiary alicyclic amines) is 1. The summed E-state index contributed by atoms with van der Waals surface area (Å²) in [5.74, 6) is -1.69. The molecule has 1 heterocycles. The van der Waals surface area contributed by atoms with E-state index in [-0.39, 0.29) is 30.2 Å². The van der Waals surface area contributed by atoms with Gasteiger partial charge in [-0.3, -0.25) is 19.2 Å². The van der Waals surface area contributed by atoms with Gasteiger partial charge in [-0.05, 0) is 43.9 Å². The second-order valence-electron chi connectivity index (χ2n) is 7.50. The summed E-state index contributed by atoms with van der Waals surface area (Å²) in [6, 6.07) is 6.69. The number of benzene rings is 1. The van der Waals surface area contributed by atoms with Crippen LogP contribution in [-0.4, -0.2) is 65.3 Å². The Bertz CT molecular complexity index is 782. The van der Waals surface area contributed by atoms with Crippen LogP contribution in [0.2, 0.25) is 0 Å². The first-order valence-electron chi connectivity index (χ1n) is 9.52. The van der Waals surface area contributed by atoms with Gasteiger partial charge in [0, 0.05) is 37.3 Å². The smallest absolute Gasteiger partial charge is 0.306 e. The van der Waals surface area contributed by atoms with Gasteiger partial charge in [0.1, 0.15) is 0 Å². The van der Waals surface area contributed by atoms with Gasteiger partial charge in [-0.2, -0.15) is 0 Å². The second-order valence-corrected chi connectivity index (χ2v) is 7.50. The molecule has 2 fully saturated rings. The summed E-state index contributed by atoms with van der Waals surface area (Å²) in [4.78, 5) is 50.9. The third-order valence-corrected chi connectivity index (χ3v) is 5.24. The molecule has 1 aromatic carbocycles. The summed E-state index contributed by atoms with van der Waals surface area (Å²) in [6.07, 6.45) is 2.67. The van der Waals surface area contributed by atoms with E-state index in [2.05, 4.69) is 5.32 Å². The van der Waals surface area contributed by atoms with Crippen molar-refractivity contribution in [3.8, 4) is 0 Å². The number of rotatable bonds is 6. The zero-order valence-electron chi connectivity index (χ0n) is 15.9. The number of carbonyl (C=O) groups excluding carboxylic acids is 3. The Kier molecular flexibility index (Phi) is 5.96. The summed E-state index contributed by atoms with van der Waals surface area (Å²) in [5.41, 5.74) is 0.965. The van der Waals surface area contributed by atoms with Gasteiger partial charge in [0.15, 0.2) is 0 Å². The highest BCUT2D eigenvalue weighted by molar-refractivity contribution is 5.99. The number of nitrogens with one attached hydrogen (secondary N) is 1. The van der Waals surface area contributed by atoms with Gasteiger partial charge >= 0.3 is 5.97 Å². The van der Waals surface area contributed by atoms with E-state index < -0.39 is 11.9 Å². The Balaban J connectivity index is 1.54. The molecule has 8 heteroatoms. The predicted molar refractivity (Wildman–Crippen MR) is 102 cm³/mol. The molecule has 3 amide bonds. The van der Waals surface area contributed by atoms with Crippen LogP contribution in [0.5, 0.6) is 0 Å². The highest BCUT2D eigenvalue weighted by Gasteiger charge is 2.30. The van der Waals surface area contributed by atoms with E-state index in [1.165, 1.54) is 4.90 Å². The number of aliphatic carboxylic acids is 1. The zero-order valence-corrected chi connectivity index (χ0v) is 15.9. The molecule has 0 aromatic heterocycles. The van der Waals surface area contributed by atoms with Gasteiger partial charge in [-0.25, -0.2) is 0 Å². The van der Waals surface area contributed by atoms with Crippen LogP contribution in [0.3, 0.4) is 0 Å². The van der Waals surface area contributed by atoms with Crippen LogP contribution in [0, 0.1) is 11.8 Å². The first-order chi connectivity index (χ1) is 13.3. The third kappa shape index (κ3) is 4.88. The van der Waals surface area contributed by atoms with Gasteiger partial charge in [0.05, 0.1) is 12.5 Å². The van der Waals surface area contributed by atoms with Crippen LogP contribution in [0.1, 0.15) is 36.0 Å². The predicted octanol–water partition coefficient (Wildman–Crippen LogP) is 1.43. The van der Waals surface area contributed by atoms with Crippen LogP contribution in [-0.2, 0) is 14.4 Å². The monoisotopic (exact) mass is 387 g/mol. The van der Waals surface area contributed by atoms with Crippen molar-refractivity contribution < 1.29 is 24.3 Å². The van der Waals surface area contributed by atoms with E-state index in [1.807, 2.05) is 0 Å². The number of likely N-dealkylation sites (N-methyl/N-ethyl adjacent to an activating group) is 1. The first kappa shape index (κ1) is 19.9. The lowest BCUT2D eigenvalue weighted by Crippen LogP contribution is -2.45. The summed E-state index contributed by atoms with van der Waals surface area (Å²) in [7, 11) is 1.56. The molecule has 0 atom stereocenters. The molecule has 0 radical (unpaired) electrons. The molecule has 3 rings (SSSR count). The summed E-state index contributed by atoms with van der Waals surface area (Å²) in [5, 5.41) is 11.8. The molecule has 28 heavy (non-hydrogen) atoms. The minimum atomic E-state index is -0.826. The Labute approximate surface area is 163 Å². The Morgan fingerprint density at radius 3 is 2.39 bits per heavy atom. The van der Waals surface area contributed by atoms with Crippen molar-refractivity contribution in [3.05, 3.63) is 29.8 Å². The summed E-state index contributed by atoms with van der Waals surface area (Å²) >= 11 is 0. The molecule has 1 aliphatic heterocycles. The number of carboxylic acid groups (broad SMARTS) is 1. The van der Waals surface area contributed by atoms with Gasteiger partial charge in [-0.15, -0.1) is 0 Å². The lowest BCUT2D eigenvalue weighted by Gasteiger charge is -2.31. The molecule has 2 N–H and O–H groups in total. The molecule has 0 spiro atoms. The third-order valence-electron chi connectivity index (χ3n) is 5.24. The van der Waals surface area contributed by atoms with Crippen molar-refractivity contribution in [1.29, 1.82) is 0 Å². The lowest BCUT2D eigenvalue weighted by molar-refractivity contribution is -0.145. The number of nitrogens with zero attached hydrogens (tertiary/aromatic N) is 2. The van der Waals surface area contributed by atoms with Gasteiger partial charge in [0.2, 0.25) is 11.8 Å². The second kappa shape index (κ2) is 8.41. The largest absolute Gasteiger partial charge is 0.481 e. The Morgan fingerprint density at radius 2 is 1.79 bits per heavy atom. The van der Waals surface area contributed by atoms with E-state index in [0.29, 0.717) is 37.2 Å². The van der Waals surface area contributed by atoms with Crippen molar-refractivity contribution in [2.45, 2.75) is 25.7 Å². The normalized spacial score (nSPS) is 17.1. The maximum Gasteiger partial charge on any atom is 0.306 e. The molecular weight excluding hydrogens is 362 g/mol. The van der Waals surface area contributed by atoms with Crippen molar-refractivity contribution >= 4 is 29.4 Å². The van der Waals surface area contributed by atoms with Gasteiger partial charge in [0.25, 0.3) is 5.91 Å². The minimum Gasteiger partial charge on any atom is -0.481 e. The zero-order chi connectivity index (χ0) is 20.3. The number of carbonyl (C=O) groups is 4. The van der Waals surface area contributed by atoms with Crippen LogP contribution in [0.15, 0.2) is 24.3 Å². The van der Waals surface area contributed by atoms with Crippen molar-refractivity contribution in [1.82, 2.24) is 9.80 Å². The summed E-state index contributed by atoms with van der Waals surface area (Å²) in [6.45, 7) is 0.705. The van der Waals surface area contributed by atoms with Crippen LogP contribution >= 0.6 is 0 Å². The number of amides is 3. The maximum absolute atomic E-state index is 12.7. The van der Waals surface area contributed by atoms with Gasteiger partial charge in [-0.1, -0.05) is 6.07 Å². The van der Waals surface area contributed by atoms with E-state index in [9.17, 15) is 19.2 Å². The first-order valence-corrected chi connectivity index (χ1v) is 9.52. The molecule has 1 aromatic rings. The molecule has 1 aliphatic carbocycles. The maximum atomic E-state index is 12.7. The van der Waals surface area contributed by atoms with E-state index in [0.717, 1.165) is 12.8 Å². The molecule has 1 saturated carbocycles. The van der Waals surface area contributed by atoms with E-state index in [1.54, 1.807) is 36.2 Å². The Morgan fingerprint density at radius 1 is 1.11 bits per heavy atom. The SMILES string of the molecule is CN(CC(=O)N1CCC(C(=O)O)CC1)C(=O)c1cccc(NC(=O)C2CC2)c1. The molecule has 0 bridgehead atoms. The quantitative estimate of drug-likeness (QED) is 0.768. The topological polar surface area (TPSA) is 107 Å². The number of hydrogen-bond donors (Lipinski definition) is 2. The van der Waals surface area contributed by atoms with Crippen molar-refractivity contribution in [2.24, 2.45) is 11.8 Å². The number of hydrogen-bond acceptors (Lipinski definition) is 4. The molecule has 1 saturated heterocycles. The fraction of sp³-hybridized carbons (Fsp3) is 0.500. The average Bonchev–Trinajstić information content (AvgIpc) is 3.53. The average molecular weight is 387 g/mol. The fourth-order valence-corrected chi connectivity index (χ4v) is 3.29. The van der Waals surface area contributed by atoms with E-state index >= 15 is 0 Å². The number of anilines is 1. The number of carboxylic acids is 1. The molecule has 150 valence electrons. The number of piperidine rings is 1.